The van der Waals surface area contributed by atoms with Crippen LogP contribution in [0.2, 0.25) is 0 Å². The van der Waals surface area contributed by atoms with Crippen LogP contribution in [0.15, 0.2) is 83.6 Å². The monoisotopic (exact) mass is 455 g/mol. The van der Waals surface area contributed by atoms with Crippen molar-refractivity contribution in [3.63, 3.8) is 0 Å². The first-order valence-corrected chi connectivity index (χ1v) is 12.0. The van der Waals surface area contributed by atoms with Crippen LogP contribution >= 0.6 is 0 Å². The number of hydrogen-bond donors (Lipinski definition) is 2. The zero-order valence-electron chi connectivity index (χ0n) is 20.1. The Morgan fingerprint density at radius 1 is 1.15 bits per heavy atom. The molecule has 0 bridgehead atoms. The average Bonchev–Trinajstić information content (AvgIpc) is 3.39. The summed E-state index contributed by atoms with van der Waals surface area (Å²) in [6.07, 6.45) is 8.74. The summed E-state index contributed by atoms with van der Waals surface area (Å²) in [7, 11) is 1.96. The number of nitrogens with one attached hydrogen (secondary N) is 1. The van der Waals surface area contributed by atoms with Gasteiger partial charge in [0.2, 0.25) is 0 Å². The number of carbonyl (C=O) groups is 1. The van der Waals surface area contributed by atoms with E-state index in [1.165, 1.54) is 12.8 Å². The summed E-state index contributed by atoms with van der Waals surface area (Å²) in [6, 6.07) is 15.5. The number of amidine groups is 1. The molecule has 2 aromatic rings. The van der Waals surface area contributed by atoms with E-state index in [2.05, 4.69) is 24.0 Å². The van der Waals surface area contributed by atoms with E-state index < -0.39 is 0 Å². The molecule has 0 saturated heterocycles. The number of likely N-dealkylation sites (N-methyl/N-ethyl adjacent to an activating group) is 1. The van der Waals surface area contributed by atoms with Crippen LogP contribution in [0.5, 0.6) is 5.75 Å². The molecule has 0 radical (unpaired) electrons. The summed E-state index contributed by atoms with van der Waals surface area (Å²) in [5.41, 5.74) is 4.63. The molecule has 0 spiro atoms. The highest BCUT2D eigenvalue weighted by molar-refractivity contribution is 6.02. The van der Waals surface area contributed by atoms with Crippen LogP contribution < -0.4 is 5.32 Å². The summed E-state index contributed by atoms with van der Waals surface area (Å²) < 4.78 is 0. The van der Waals surface area contributed by atoms with Gasteiger partial charge in [0.1, 0.15) is 23.2 Å². The highest BCUT2D eigenvalue weighted by Crippen LogP contribution is 2.28. The van der Waals surface area contributed by atoms with E-state index in [0.717, 1.165) is 46.9 Å². The fourth-order valence-corrected chi connectivity index (χ4v) is 4.57. The first-order valence-electron chi connectivity index (χ1n) is 12.0. The molecule has 5 heteroatoms. The molecule has 1 aliphatic carbocycles. The van der Waals surface area contributed by atoms with Gasteiger partial charge in [0.25, 0.3) is 0 Å². The molecule has 0 amide bonds. The van der Waals surface area contributed by atoms with Crippen molar-refractivity contribution in [1.29, 1.82) is 0 Å². The second-order valence-electron chi connectivity index (χ2n) is 9.11. The van der Waals surface area contributed by atoms with Gasteiger partial charge in [-0.3, -0.25) is 9.79 Å². The van der Waals surface area contributed by atoms with Crippen molar-refractivity contribution in [1.82, 2.24) is 10.2 Å². The molecule has 176 valence electrons. The number of nitrogens with zero attached hydrogens (tertiary/aromatic N) is 2. The number of para-hydroxylation sites is 1. The third-order valence-electron chi connectivity index (χ3n) is 6.71. The molecular formula is C29H33N3O2. The van der Waals surface area contributed by atoms with E-state index in [0.29, 0.717) is 24.3 Å². The number of allylic oxidation sites excluding steroid dienone is 2. The normalized spacial score (nSPS) is 19.1. The number of ketones is 1. The predicted molar refractivity (Wildman–Crippen MR) is 138 cm³/mol. The van der Waals surface area contributed by atoms with Crippen molar-refractivity contribution in [3.8, 4) is 5.75 Å². The van der Waals surface area contributed by atoms with Gasteiger partial charge in [-0.15, -0.1) is 0 Å². The minimum Gasteiger partial charge on any atom is -0.507 e. The number of phenolic OH excluding ortho intramolecular Hbond substituents is 1. The lowest BCUT2D eigenvalue weighted by molar-refractivity contribution is -0.122. The summed E-state index contributed by atoms with van der Waals surface area (Å²) in [5, 5.41) is 13.8. The van der Waals surface area contributed by atoms with Crippen LogP contribution in [0.25, 0.3) is 5.70 Å². The third kappa shape index (κ3) is 5.30. The predicted octanol–water partition coefficient (Wildman–Crippen LogP) is 5.59. The van der Waals surface area contributed by atoms with Crippen molar-refractivity contribution in [3.05, 3.63) is 95.3 Å². The first-order chi connectivity index (χ1) is 16.5. The van der Waals surface area contributed by atoms with E-state index in [-0.39, 0.29) is 11.7 Å². The molecule has 34 heavy (non-hydrogen) atoms. The largest absolute Gasteiger partial charge is 0.507 e. The molecule has 2 N–H and O–H groups in total. The maximum absolute atomic E-state index is 12.5. The molecule has 1 saturated carbocycles. The van der Waals surface area contributed by atoms with Gasteiger partial charge >= 0.3 is 0 Å². The number of hydrogen-bond acceptors (Lipinski definition) is 4. The van der Waals surface area contributed by atoms with E-state index >= 15 is 0 Å². The Morgan fingerprint density at radius 3 is 2.50 bits per heavy atom. The smallest absolute Gasteiger partial charge is 0.140 e. The number of Topliss-reactive ketones (excluding diaryl/α,β-unsaturated/α-hetero) is 1. The number of rotatable bonds is 7. The van der Waals surface area contributed by atoms with Gasteiger partial charge < -0.3 is 15.3 Å². The number of aliphatic imine (C=N–C) groups is 1. The Labute approximate surface area is 202 Å². The molecule has 1 fully saturated rings. The Balaban J connectivity index is 1.54. The van der Waals surface area contributed by atoms with Gasteiger partial charge in [0.05, 0.1) is 12.2 Å². The number of carbonyl (C=O) groups excluding carboxylic acids is 1. The van der Waals surface area contributed by atoms with Crippen molar-refractivity contribution in [2.75, 3.05) is 7.05 Å². The SMILES string of the molecule is C=C/C(C)=C1/NC(c2ccccc2O)=CC(=NCc2ccc(CC(=O)C3CCCC3)cc2)N1C. The maximum Gasteiger partial charge on any atom is 0.140 e. The minimum absolute atomic E-state index is 0.212. The van der Waals surface area contributed by atoms with Crippen LogP contribution in [0.4, 0.5) is 0 Å². The van der Waals surface area contributed by atoms with Crippen LogP contribution in [0.1, 0.15) is 49.3 Å². The number of phenols is 1. The van der Waals surface area contributed by atoms with Crippen molar-refractivity contribution < 1.29 is 9.90 Å². The average molecular weight is 456 g/mol. The van der Waals surface area contributed by atoms with Gasteiger partial charge in [-0.1, -0.05) is 61.9 Å². The first kappa shape index (κ1) is 23.6. The minimum atomic E-state index is 0.212. The van der Waals surface area contributed by atoms with Gasteiger partial charge in [-0.25, -0.2) is 0 Å². The zero-order chi connectivity index (χ0) is 24.1. The molecule has 0 atom stereocenters. The van der Waals surface area contributed by atoms with Crippen molar-refractivity contribution >= 4 is 17.3 Å². The van der Waals surface area contributed by atoms with E-state index in [1.54, 1.807) is 18.2 Å². The molecule has 2 aliphatic rings. The molecular weight excluding hydrogens is 422 g/mol. The third-order valence-corrected chi connectivity index (χ3v) is 6.71. The summed E-state index contributed by atoms with van der Waals surface area (Å²) in [6.45, 7) is 6.40. The van der Waals surface area contributed by atoms with E-state index in [9.17, 15) is 9.90 Å². The Morgan fingerprint density at radius 2 is 1.82 bits per heavy atom. The summed E-state index contributed by atoms with van der Waals surface area (Å²) in [4.78, 5) is 19.3. The summed E-state index contributed by atoms with van der Waals surface area (Å²) >= 11 is 0. The second-order valence-corrected chi connectivity index (χ2v) is 9.11. The highest BCUT2D eigenvalue weighted by Gasteiger charge is 2.23. The highest BCUT2D eigenvalue weighted by atomic mass is 16.3. The Hall–Kier alpha value is -3.60. The quantitative estimate of drug-likeness (QED) is 0.572. The second kappa shape index (κ2) is 10.6. The van der Waals surface area contributed by atoms with Crippen molar-refractivity contribution in [2.45, 2.75) is 45.6 Å². The van der Waals surface area contributed by atoms with Crippen LogP contribution in [-0.2, 0) is 17.8 Å². The van der Waals surface area contributed by atoms with Gasteiger partial charge in [-0.05, 0) is 48.6 Å². The number of aromatic hydroxyl groups is 1. The molecule has 0 unspecified atom stereocenters. The van der Waals surface area contributed by atoms with E-state index in [4.69, 9.17) is 4.99 Å². The maximum atomic E-state index is 12.5. The fraction of sp³-hybridized carbons (Fsp3) is 0.310. The molecule has 4 rings (SSSR count). The van der Waals surface area contributed by atoms with Crippen LogP contribution in [0.3, 0.4) is 0 Å². The molecule has 0 aromatic heterocycles. The van der Waals surface area contributed by atoms with Crippen LogP contribution in [-0.4, -0.2) is 28.7 Å². The van der Waals surface area contributed by atoms with E-state index in [1.807, 2.05) is 49.2 Å². The molecule has 1 aliphatic heterocycles. The number of benzene rings is 2. The van der Waals surface area contributed by atoms with Gasteiger partial charge in [0.15, 0.2) is 0 Å². The lowest BCUT2D eigenvalue weighted by atomic mass is 9.96. The lowest BCUT2D eigenvalue weighted by Crippen LogP contribution is -2.38. The van der Waals surface area contributed by atoms with Gasteiger partial charge in [0, 0.05) is 31.0 Å². The standard InChI is InChI=1S/C29H33N3O2/c1-4-20(2)29-31-25(24-11-7-8-12-26(24)33)18-28(32(29)3)30-19-22-15-13-21(14-16-22)17-27(34)23-9-5-6-10-23/h4,7-8,11-16,18,23,31,33H,1,5-6,9-10,17,19H2,2-3H3/b29-20-,30-28?. The van der Waals surface area contributed by atoms with Crippen molar-refractivity contribution in [2.24, 2.45) is 10.9 Å². The lowest BCUT2D eigenvalue weighted by Gasteiger charge is -2.31. The molecule has 1 heterocycles. The summed E-state index contributed by atoms with van der Waals surface area (Å²) in [5.74, 6) is 2.50. The Bertz CT molecular complexity index is 1150. The molecule has 5 nitrogen and oxygen atoms in total. The topological polar surface area (TPSA) is 64.9 Å². The zero-order valence-corrected chi connectivity index (χ0v) is 20.1. The van der Waals surface area contributed by atoms with Gasteiger partial charge in [-0.2, -0.15) is 0 Å². The van der Waals surface area contributed by atoms with Crippen LogP contribution in [0, 0.1) is 5.92 Å². The molecule has 2 aromatic carbocycles. The Kier molecular flexibility index (Phi) is 7.31. The fourth-order valence-electron chi connectivity index (χ4n) is 4.57.